The first kappa shape index (κ1) is 26.9. The molecule has 0 radical (unpaired) electrons. The average molecular weight is 540 g/mol. The number of urea groups is 1. The van der Waals surface area contributed by atoms with Crippen molar-refractivity contribution in [2.24, 2.45) is 0 Å². The van der Waals surface area contributed by atoms with Gasteiger partial charge in [0, 0.05) is 29.2 Å². The van der Waals surface area contributed by atoms with Gasteiger partial charge in [0.1, 0.15) is 17.1 Å². The second-order valence-electron chi connectivity index (χ2n) is 9.81. The number of benzene rings is 3. The second kappa shape index (κ2) is 11.6. The van der Waals surface area contributed by atoms with Crippen molar-refractivity contribution in [1.82, 2.24) is 9.88 Å². The van der Waals surface area contributed by atoms with Gasteiger partial charge in [-0.2, -0.15) is 0 Å². The highest BCUT2D eigenvalue weighted by atomic mass is 19.1. The Balaban J connectivity index is 1.33. The van der Waals surface area contributed by atoms with E-state index in [2.05, 4.69) is 35.9 Å². The summed E-state index contributed by atoms with van der Waals surface area (Å²) in [7, 11) is 0. The van der Waals surface area contributed by atoms with Crippen LogP contribution in [-0.2, 0) is 16.1 Å². The number of imide groups is 2. The van der Waals surface area contributed by atoms with E-state index in [0.717, 1.165) is 46.5 Å². The Bertz CT molecular complexity index is 1590. The van der Waals surface area contributed by atoms with Crippen LogP contribution in [0, 0.1) is 5.82 Å². The lowest BCUT2D eigenvalue weighted by Crippen LogP contribution is -2.54. The van der Waals surface area contributed by atoms with E-state index in [1.54, 1.807) is 0 Å². The highest BCUT2D eigenvalue weighted by Crippen LogP contribution is 2.27. The quantitative estimate of drug-likeness (QED) is 0.151. The smallest absolute Gasteiger partial charge is 0.335 e. The summed E-state index contributed by atoms with van der Waals surface area (Å²) in [6, 6.07) is 20.0. The van der Waals surface area contributed by atoms with E-state index in [1.807, 2.05) is 42.6 Å². The van der Waals surface area contributed by atoms with Crippen LogP contribution in [0.2, 0.25) is 0 Å². The van der Waals surface area contributed by atoms with Gasteiger partial charge in [-0.3, -0.25) is 14.9 Å². The fraction of sp³-hybridized carbons (Fsp3) is 0.219. The lowest BCUT2D eigenvalue weighted by molar-refractivity contribution is -0.122. The summed E-state index contributed by atoms with van der Waals surface area (Å²) in [5, 5.41) is 3.07. The Kier molecular flexibility index (Phi) is 7.77. The highest BCUT2D eigenvalue weighted by Gasteiger charge is 2.37. The molecule has 4 amide bonds. The molecule has 40 heavy (non-hydrogen) atoms. The molecule has 204 valence electrons. The number of barbiturate groups is 1. The van der Waals surface area contributed by atoms with Crippen molar-refractivity contribution in [2.75, 3.05) is 11.5 Å². The molecule has 1 aromatic heterocycles. The fourth-order valence-corrected chi connectivity index (χ4v) is 4.77. The number of rotatable bonds is 9. The number of carbonyl (C=O) groups excluding carboxylic acids is 3. The van der Waals surface area contributed by atoms with Gasteiger partial charge in [-0.1, -0.05) is 44.2 Å². The largest absolute Gasteiger partial charge is 0.494 e. The van der Waals surface area contributed by atoms with E-state index in [9.17, 15) is 18.8 Å². The monoisotopic (exact) mass is 539 g/mol. The van der Waals surface area contributed by atoms with Gasteiger partial charge in [0.05, 0.1) is 12.3 Å². The number of aromatic nitrogens is 1. The Morgan fingerprint density at radius 3 is 2.42 bits per heavy atom. The number of ether oxygens (including phenoxy) is 1. The fourth-order valence-electron chi connectivity index (χ4n) is 4.77. The summed E-state index contributed by atoms with van der Waals surface area (Å²) in [6.07, 6.45) is 5.22. The molecule has 1 atom stereocenters. The van der Waals surface area contributed by atoms with Crippen LogP contribution >= 0.6 is 0 Å². The molecule has 5 rings (SSSR count). The van der Waals surface area contributed by atoms with E-state index < -0.39 is 23.7 Å². The predicted molar refractivity (Wildman–Crippen MR) is 153 cm³/mol. The third-order valence-electron chi connectivity index (χ3n) is 7.18. The molecule has 3 aromatic carbocycles. The number of aryl methyl sites for hydroxylation is 1. The van der Waals surface area contributed by atoms with E-state index >= 15 is 0 Å². The molecule has 1 saturated heterocycles. The first-order valence-corrected chi connectivity index (χ1v) is 13.3. The molecule has 0 saturated carbocycles. The van der Waals surface area contributed by atoms with Gasteiger partial charge in [-0.25, -0.2) is 14.1 Å². The minimum Gasteiger partial charge on any atom is -0.494 e. The number of halogens is 1. The molecular formula is C32H30FN3O4. The molecule has 0 unspecified atom stereocenters. The Morgan fingerprint density at radius 1 is 0.975 bits per heavy atom. The predicted octanol–water partition coefficient (Wildman–Crippen LogP) is 6.43. The number of amides is 4. The number of hydrogen-bond donors (Lipinski definition) is 1. The SMILES string of the molecule is CC[C@@H](C)c1ccc(OCCCn2cc(/C=C3/C(=O)NC(=O)N(c4ccc(F)cc4)C3=O)c3ccccc32)cc1. The van der Waals surface area contributed by atoms with Crippen LogP contribution in [0.5, 0.6) is 5.75 Å². The maximum absolute atomic E-state index is 13.4. The Labute approximate surface area is 231 Å². The molecule has 0 aliphatic carbocycles. The molecular weight excluding hydrogens is 509 g/mol. The maximum Gasteiger partial charge on any atom is 0.335 e. The number of nitrogens with zero attached hydrogens (tertiary/aromatic N) is 2. The molecule has 4 aromatic rings. The van der Waals surface area contributed by atoms with E-state index in [4.69, 9.17) is 4.74 Å². The number of anilines is 1. The first-order chi connectivity index (χ1) is 19.4. The van der Waals surface area contributed by atoms with Gasteiger partial charge in [0.25, 0.3) is 11.8 Å². The van der Waals surface area contributed by atoms with Gasteiger partial charge < -0.3 is 9.30 Å². The average Bonchev–Trinajstić information content (AvgIpc) is 3.31. The van der Waals surface area contributed by atoms with E-state index in [-0.39, 0.29) is 11.3 Å². The third kappa shape index (κ3) is 5.52. The number of carbonyl (C=O) groups is 3. The van der Waals surface area contributed by atoms with Crippen molar-refractivity contribution in [2.45, 2.75) is 39.2 Å². The zero-order valence-electron chi connectivity index (χ0n) is 22.4. The van der Waals surface area contributed by atoms with Crippen LogP contribution in [0.25, 0.3) is 17.0 Å². The van der Waals surface area contributed by atoms with Crippen molar-refractivity contribution in [1.29, 1.82) is 0 Å². The lowest BCUT2D eigenvalue weighted by atomic mass is 9.99. The lowest BCUT2D eigenvalue weighted by Gasteiger charge is -2.26. The summed E-state index contributed by atoms with van der Waals surface area (Å²) in [5.41, 5.74) is 2.90. The van der Waals surface area contributed by atoms with Crippen molar-refractivity contribution in [3.8, 4) is 5.75 Å². The van der Waals surface area contributed by atoms with Crippen molar-refractivity contribution in [3.05, 3.63) is 102 Å². The molecule has 7 nitrogen and oxygen atoms in total. The number of fused-ring (bicyclic) bond motifs is 1. The molecule has 8 heteroatoms. The molecule has 1 N–H and O–H groups in total. The van der Waals surface area contributed by atoms with Crippen LogP contribution < -0.4 is 15.0 Å². The zero-order valence-corrected chi connectivity index (χ0v) is 22.4. The zero-order chi connectivity index (χ0) is 28.2. The van der Waals surface area contributed by atoms with Crippen LogP contribution in [0.4, 0.5) is 14.9 Å². The molecule has 1 aliphatic heterocycles. The summed E-state index contributed by atoms with van der Waals surface area (Å²) in [5.74, 6) is -0.709. The third-order valence-corrected chi connectivity index (χ3v) is 7.18. The van der Waals surface area contributed by atoms with Gasteiger partial charge >= 0.3 is 6.03 Å². The number of nitrogens with one attached hydrogen (secondary N) is 1. The van der Waals surface area contributed by atoms with Crippen LogP contribution in [-0.4, -0.2) is 29.0 Å². The van der Waals surface area contributed by atoms with Crippen molar-refractivity contribution in [3.63, 3.8) is 0 Å². The molecule has 0 spiro atoms. The molecule has 1 fully saturated rings. The summed E-state index contributed by atoms with van der Waals surface area (Å²) in [6.45, 7) is 5.57. The summed E-state index contributed by atoms with van der Waals surface area (Å²) < 4.78 is 21.4. The van der Waals surface area contributed by atoms with Crippen LogP contribution in [0.3, 0.4) is 0 Å². The minimum absolute atomic E-state index is 0.166. The maximum atomic E-state index is 13.4. The molecule has 0 bridgehead atoms. The molecule has 2 heterocycles. The van der Waals surface area contributed by atoms with Crippen molar-refractivity contribution < 1.29 is 23.5 Å². The second-order valence-corrected chi connectivity index (χ2v) is 9.81. The number of hydrogen-bond acceptors (Lipinski definition) is 4. The topological polar surface area (TPSA) is 80.6 Å². The van der Waals surface area contributed by atoms with Gasteiger partial charge in [0.15, 0.2) is 0 Å². The Hall–Kier alpha value is -4.72. The summed E-state index contributed by atoms with van der Waals surface area (Å²) in [4.78, 5) is 39.2. The van der Waals surface area contributed by atoms with Crippen LogP contribution in [0.15, 0.2) is 84.6 Å². The summed E-state index contributed by atoms with van der Waals surface area (Å²) >= 11 is 0. The van der Waals surface area contributed by atoms with Gasteiger partial charge in [-0.15, -0.1) is 0 Å². The molecule has 1 aliphatic rings. The highest BCUT2D eigenvalue weighted by molar-refractivity contribution is 6.39. The standard InChI is InChI=1S/C32H30FN3O4/c1-3-21(2)22-9-15-26(16-10-22)40-18-6-17-35-20-23(27-7-4-5-8-29(27)35)19-28-30(37)34-32(39)36(31(28)38)25-13-11-24(33)12-14-25/h4-5,7-16,19-21H,3,6,17-18H2,1-2H3,(H,34,37,39)/b28-19-/t21-/m1/s1. The van der Waals surface area contributed by atoms with E-state index in [1.165, 1.54) is 23.8 Å². The van der Waals surface area contributed by atoms with Crippen molar-refractivity contribution >= 4 is 40.5 Å². The minimum atomic E-state index is -0.879. The Morgan fingerprint density at radius 2 is 1.70 bits per heavy atom. The van der Waals surface area contributed by atoms with E-state index in [0.29, 0.717) is 24.6 Å². The van der Waals surface area contributed by atoms with Gasteiger partial charge in [-0.05, 0) is 72.9 Å². The van der Waals surface area contributed by atoms with Crippen LogP contribution in [0.1, 0.15) is 43.7 Å². The normalized spacial score (nSPS) is 15.5. The first-order valence-electron chi connectivity index (χ1n) is 13.3. The van der Waals surface area contributed by atoms with Gasteiger partial charge in [0.2, 0.25) is 0 Å². The number of para-hydroxylation sites is 1.